The Labute approximate surface area is 198 Å². The highest BCUT2D eigenvalue weighted by Gasteiger charge is 2.29. The Morgan fingerprint density at radius 2 is 1.91 bits per heavy atom. The number of rotatable bonds is 8. The van der Waals surface area contributed by atoms with Crippen LogP contribution in [0.5, 0.6) is 0 Å². The van der Waals surface area contributed by atoms with Gasteiger partial charge < -0.3 is 5.32 Å². The fraction of sp³-hybridized carbons (Fsp3) is 0.391. The number of pyridine rings is 1. The van der Waals surface area contributed by atoms with Gasteiger partial charge in [-0.3, -0.25) is 14.3 Å². The van der Waals surface area contributed by atoms with E-state index < -0.39 is 9.84 Å². The van der Waals surface area contributed by atoms with Crippen LogP contribution in [0.25, 0.3) is 17.1 Å². The molecule has 1 aliphatic heterocycles. The summed E-state index contributed by atoms with van der Waals surface area (Å²) in [6.07, 6.45) is 5.61. The largest absolute Gasteiger partial charge is 0.352 e. The summed E-state index contributed by atoms with van der Waals surface area (Å²) in [6.45, 7) is 4.23. The van der Waals surface area contributed by atoms with Crippen LogP contribution in [0.1, 0.15) is 31.4 Å². The Morgan fingerprint density at radius 1 is 1.15 bits per heavy atom. The molecule has 1 atom stereocenters. The maximum atomic E-state index is 12.6. The molecule has 0 spiro atoms. The summed E-state index contributed by atoms with van der Waals surface area (Å²) < 4.78 is 25.4. The zero-order valence-corrected chi connectivity index (χ0v) is 20.3. The van der Waals surface area contributed by atoms with Crippen LogP contribution in [0.15, 0.2) is 47.9 Å². The number of para-hydroxylation sites is 1. The molecule has 1 saturated heterocycles. The average Bonchev–Trinajstić information content (AvgIpc) is 3.39. The van der Waals surface area contributed by atoms with E-state index in [0.29, 0.717) is 17.4 Å². The van der Waals surface area contributed by atoms with Gasteiger partial charge in [0.05, 0.1) is 22.9 Å². The second kappa shape index (κ2) is 10.0. The monoisotopic (exact) mass is 485 g/mol. The highest BCUT2D eigenvalue weighted by molar-refractivity contribution is 7.99. The van der Waals surface area contributed by atoms with E-state index in [1.54, 1.807) is 12.4 Å². The van der Waals surface area contributed by atoms with Gasteiger partial charge in [-0.15, -0.1) is 10.2 Å². The molecular formula is C23H27N5O3S2. The molecule has 1 fully saturated rings. The highest BCUT2D eigenvalue weighted by Crippen LogP contribution is 2.32. The van der Waals surface area contributed by atoms with Crippen LogP contribution in [-0.2, 0) is 27.5 Å². The molecule has 33 heavy (non-hydrogen) atoms. The first-order valence-electron chi connectivity index (χ1n) is 11.0. The number of nitrogens with zero attached hydrogens (tertiary/aromatic N) is 4. The zero-order chi connectivity index (χ0) is 23.4. The third-order valence-corrected chi connectivity index (χ3v) is 8.37. The van der Waals surface area contributed by atoms with Gasteiger partial charge in [0.1, 0.15) is 0 Å². The van der Waals surface area contributed by atoms with Crippen molar-refractivity contribution >= 4 is 27.5 Å². The van der Waals surface area contributed by atoms with Crippen LogP contribution < -0.4 is 5.32 Å². The van der Waals surface area contributed by atoms with Crippen molar-refractivity contribution in [3.05, 3.63) is 53.9 Å². The Kier molecular flexibility index (Phi) is 7.14. The molecular weight excluding hydrogens is 458 g/mol. The molecule has 1 aliphatic rings. The predicted octanol–water partition coefficient (Wildman–Crippen LogP) is 2.85. The van der Waals surface area contributed by atoms with E-state index in [4.69, 9.17) is 0 Å². The summed E-state index contributed by atoms with van der Waals surface area (Å²) in [4.78, 5) is 16.8. The molecule has 0 bridgehead atoms. The third kappa shape index (κ3) is 5.27. The molecule has 1 aromatic carbocycles. The molecule has 0 unspecified atom stereocenters. The van der Waals surface area contributed by atoms with Crippen molar-refractivity contribution in [3.8, 4) is 17.1 Å². The van der Waals surface area contributed by atoms with E-state index in [0.717, 1.165) is 24.1 Å². The molecule has 1 N–H and O–H groups in total. The van der Waals surface area contributed by atoms with Crippen LogP contribution in [0.3, 0.4) is 0 Å². The van der Waals surface area contributed by atoms with Gasteiger partial charge in [-0.2, -0.15) is 0 Å². The lowest BCUT2D eigenvalue weighted by Gasteiger charge is -2.18. The fourth-order valence-electron chi connectivity index (χ4n) is 4.06. The number of aryl methyl sites for hydroxylation is 2. The SMILES string of the molecule is CCc1cccc(CC)c1-n1c(SCC(=O)N[C@@H]2CCS(=O)(=O)C2)nnc1-c1cccnc1. The lowest BCUT2D eigenvalue weighted by Crippen LogP contribution is -2.36. The van der Waals surface area contributed by atoms with E-state index >= 15 is 0 Å². The van der Waals surface area contributed by atoms with E-state index in [1.807, 2.05) is 16.7 Å². The highest BCUT2D eigenvalue weighted by atomic mass is 32.2. The minimum atomic E-state index is -3.05. The van der Waals surface area contributed by atoms with Gasteiger partial charge in [-0.25, -0.2) is 8.42 Å². The molecule has 0 saturated carbocycles. The summed E-state index contributed by atoms with van der Waals surface area (Å²) in [5.74, 6) is 0.718. The van der Waals surface area contributed by atoms with E-state index in [1.165, 1.54) is 22.9 Å². The Balaban J connectivity index is 1.66. The first-order chi connectivity index (χ1) is 15.9. The van der Waals surface area contributed by atoms with Crippen molar-refractivity contribution in [2.75, 3.05) is 17.3 Å². The molecule has 8 nitrogen and oxygen atoms in total. The Morgan fingerprint density at radius 3 is 2.52 bits per heavy atom. The van der Waals surface area contributed by atoms with Gasteiger partial charge in [-0.05, 0) is 42.5 Å². The van der Waals surface area contributed by atoms with Gasteiger partial charge >= 0.3 is 0 Å². The van der Waals surface area contributed by atoms with E-state index in [-0.39, 0.29) is 29.2 Å². The number of hydrogen-bond acceptors (Lipinski definition) is 7. The molecule has 2 aromatic heterocycles. The quantitative estimate of drug-likeness (QED) is 0.489. The predicted molar refractivity (Wildman–Crippen MR) is 129 cm³/mol. The normalized spacial score (nSPS) is 17.2. The maximum absolute atomic E-state index is 12.6. The standard InChI is InChI=1S/C23H27N5O3S2/c1-3-16-7-5-8-17(4-2)21(16)28-22(18-9-6-11-24-13-18)26-27-23(28)32-14-20(29)25-19-10-12-33(30,31)15-19/h5-9,11,13,19H,3-4,10,12,14-15H2,1-2H3,(H,25,29)/t19-/m1/s1. The smallest absolute Gasteiger partial charge is 0.230 e. The number of benzene rings is 1. The Hall–Kier alpha value is -2.72. The minimum absolute atomic E-state index is 0.00841. The summed E-state index contributed by atoms with van der Waals surface area (Å²) >= 11 is 1.29. The molecule has 0 aliphatic carbocycles. The average molecular weight is 486 g/mol. The van der Waals surface area contributed by atoms with Gasteiger partial charge in [0.2, 0.25) is 5.91 Å². The molecule has 0 radical (unpaired) electrons. The molecule has 10 heteroatoms. The van der Waals surface area contributed by atoms with E-state index in [2.05, 4.69) is 52.5 Å². The summed E-state index contributed by atoms with van der Waals surface area (Å²) in [5, 5.41) is 12.3. The molecule has 3 aromatic rings. The van der Waals surface area contributed by atoms with E-state index in [9.17, 15) is 13.2 Å². The number of sulfone groups is 1. The fourth-order valence-corrected chi connectivity index (χ4v) is 6.48. The second-order valence-corrected chi connectivity index (χ2v) is 11.1. The van der Waals surface area contributed by atoms with Gasteiger partial charge in [-0.1, -0.05) is 43.8 Å². The number of carbonyl (C=O) groups excluding carboxylic acids is 1. The lowest BCUT2D eigenvalue weighted by atomic mass is 10.0. The molecule has 174 valence electrons. The third-order valence-electron chi connectivity index (χ3n) is 5.67. The molecule has 3 heterocycles. The number of aromatic nitrogens is 4. The van der Waals surface area contributed by atoms with Crippen LogP contribution in [0.4, 0.5) is 0 Å². The number of carbonyl (C=O) groups is 1. The van der Waals surface area contributed by atoms with Crippen molar-refractivity contribution in [1.82, 2.24) is 25.1 Å². The van der Waals surface area contributed by atoms with Gasteiger partial charge in [0, 0.05) is 24.0 Å². The van der Waals surface area contributed by atoms with Crippen molar-refractivity contribution < 1.29 is 13.2 Å². The molecule has 4 rings (SSSR count). The first kappa shape index (κ1) is 23.4. The van der Waals surface area contributed by atoms with Crippen LogP contribution in [0, 0.1) is 0 Å². The minimum Gasteiger partial charge on any atom is -0.352 e. The number of nitrogens with one attached hydrogen (secondary N) is 1. The number of thioether (sulfide) groups is 1. The van der Waals surface area contributed by atoms with Crippen LogP contribution in [0.2, 0.25) is 0 Å². The van der Waals surface area contributed by atoms with Crippen molar-refractivity contribution in [1.29, 1.82) is 0 Å². The Bertz CT molecular complexity index is 1220. The summed E-state index contributed by atoms with van der Waals surface area (Å²) in [5.41, 5.74) is 4.21. The lowest BCUT2D eigenvalue weighted by molar-refractivity contribution is -0.119. The van der Waals surface area contributed by atoms with Crippen LogP contribution in [-0.4, -0.2) is 57.4 Å². The van der Waals surface area contributed by atoms with Gasteiger partial charge in [0.15, 0.2) is 20.8 Å². The second-order valence-electron chi connectivity index (χ2n) is 7.97. The van der Waals surface area contributed by atoms with Crippen LogP contribution >= 0.6 is 11.8 Å². The van der Waals surface area contributed by atoms with Crippen molar-refractivity contribution in [2.45, 2.75) is 44.3 Å². The number of amides is 1. The van der Waals surface area contributed by atoms with Gasteiger partial charge in [0.25, 0.3) is 0 Å². The zero-order valence-electron chi connectivity index (χ0n) is 18.7. The molecule has 1 amide bonds. The van der Waals surface area contributed by atoms with Crippen molar-refractivity contribution in [3.63, 3.8) is 0 Å². The first-order valence-corrected chi connectivity index (χ1v) is 13.8. The summed E-state index contributed by atoms with van der Waals surface area (Å²) in [7, 11) is -3.05. The van der Waals surface area contributed by atoms with Crippen molar-refractivity contribution in [2.24, 2.45) is 0 Å². The topological polar surface area (TPSA) is 107 Å². The maximum Gasteiger partial charge on any atom is 0.230 e. The summed E-state index contributed by atoms with van der Waals surface area (Å²) in [6, 6.07) is 9.74. The number of hydrogen-bond donors (Lipinski definition) is 1.